The van der Waals surface area contributed by atoms with Crippen LogP contribution >= 0.6 is 34.8 Å². The third kappa shape index (κ3) is 2.89. The van der Waals surface area contributed by atoms with Crippen LogP contribution in [-0.4, -0.2) is 31.3 Å². The Hall–Kier alpha value is -0.540. The average molecular weight is 313 g/mol. The molecule has 18 heavy (non-hydrogen) atoms. The molecular formula is C10H12Cl3N3O2. The van der Waals surface area contributed by atoms with Gasteiger partial charge in [-0.1, -0.05) is 48.1 Å². The highest BCUT2D eigenvalue weighted by molar-refractivity contribution is 6.68. The minimum Gasteiger partial charge on any atom is -0.365 e. The molecule has 100 valence electrons. The molecule has 0 aromatic heterocycles. The number of rotatable bonds is 3. The second-order valence-corrected chi connectivity index (χ2v) is 6.23. The molecule has 1 aliphatic heterocycles. The van der Waals surface area contributed by atoms with Gasteiger partial charge in [-0.2, -0.15) is 15.4 Å². The van der Waals surface area contributed by atoms with Crippen molar-refractivity contribution in [3.05, 3.63) is 0 Å². The van der Waals surface area contributed by atoms with E-state index in [1.165, 1.54) is 0 Å². The maximum Gasteiger partial charge on any atom is 0.259 e. The Morgan fingerprint density at radius 1 is 1.67 bits per heavy atom. The van der Waals surface area contributed by atoms with Crippen LogP contribution in [0.3, 0.4) is 0 Å². The molecule has 1 amide bonds. The predicted molar refractivity (Wildman–Crippen MR) is 69.3 cm³/mol. The molecule has 0 radical (unpaired) electrons. The molecular weight excluding hydrogens is 300 g/mol. The van der Waals surface area contributed by atoms with E-state index in [1.807, 2.05) is 6.92 Å². The SMILES string of the molecule is CCCC1=NN(C(=O)CC#N)C(O)(C(Cl)(Cl)Cl)C1. The first-order chi connectivity index (χ1) is 8.26. The molecule has 0 bridgehead atoms. The molecule has 1 aliphatic rings. The summed E-state index contributed by atoms with van der Waals surface area (Å²) in [5, 5.41) is 23.6. The third-order valence-electron chi connectivity index (χ3n) is 2.50. The second-order valence-electron chi connectivity index (χ2n) is 3.95. The van der Waals surface area contributed by atoms with Crippen molar-refractivity contribution in [2.75, 3.05) is 0 Å². The van der Waals surface area contributed by atoms with E-state index < -0.39 is 21.8 Å². The van der Waals surface area contributed by atoms with Crippen LogP contribution in [0.15, 0.2) is 5.10 Å². The van der Waals surface area contributed by atoms with Crippen LogP contribution in [-0.2, 0) is 4.79 Å². The highest BCUT2D eigenvalue weighted by atomic mass is 35.6. The van der Waals surface area contributed by atoms with Crippen LogP contribution in [0.1, 0.15) is 32.6 Å². The molecule has 0 aromatic carbocycles. The van der Waals surface area contributed by atoms with Gasteiger partial charge in [-0.3, -0.25) is 4.79 Å². The monoisotopic (exact) mass is 311 g/mol. The van der Waals surface area contributed by atoms with E-state index in [0.29, 0.717) is 17.1 Å². The fourth-order valence-electron chi connectivity index (χ4n) is 1.67. The van der Waals surface area contributed by atoms with E-state index in [9.17, 15) is 9.90 Å². The van der Waals surface area contributed by atoms with Crippen LogP contribution in [0.5, 0.6) is 0 Å². The number of carbonyl (C=O) groups is 1. The smallest absolute Gasteiger partial charge is 0.259 e. The van der Waals surface area contributed by atoms with Gasteiger partial charge in [-0.15, -0.1) is 0 Å². The molecule has 1 heterocycles. The summed E-state index contributed by atoms with van der Waals surface area (Å²) in [5.74, 6) is -0.697. The minimum absolute atomic E-state index is 0.0332. The Balaban J connectivity index is 3.06. The number of halogens is 3. The summed E-state index contributed by atoms with van der Waals surface area (Å²) in [5.41, 5.74) is -1.46. The van der Waals surface area contributed by atoms with Crippen molar-refractivity contribution in [1.29, 1.82) is 5.26 Å². The van der Waals surface area contributed by atoms with Gasteiger partial charge in [0, 0.05) is 12.1 Å². The topological polar surface area (TPSA) is 76.7 Å². The van der Waals surface area contributed by atoms with Gasteiger partial charge in [-0.05, 0) is 6.42 Å². The molecule has 0 aliphatic carbocycles. The van der Waals surface area contributed by atoms with Crippen molar-refractivity contribution in [3.63, 3.8) is 0 Å². The summed E-state index contributed by atoms with van der Waals surface area (Å²) >= 11 is 17.1. The van der Waals surface area contributed by atoms with Crippen LogP contribution in [0.2, 0.25) is 0 Å². The van der Waals surface area contributed by atoms with Crippen molar-refractivity contribution in [2.45, 2.75) is 42.1 Å². The van der Waals surface area contributed by atoms with Crippen molar-refractivity contribution >= 4 is 46.4 Å². The van der Waals surface area contributed by atoms with Gasteiger partial charge >= 0.3 is 0 Å². The van der Waals surface area contributed by atoms with E-state index in [1.54, 1.807) is 6.07 Å². The van der Waals surface area contributed by atoms with Gasteiger partial charge in [-0.25, -0.2) is 0 Å². The lowest BCUT2D eigenvalue weighted by Crippen LogP contribution is -2.55. The maximum absolute atomic E-state index is 11.7. The number of nitrogens with zero attached hydrogens (tertiary/aromatic N) is 3. The quantitative estimate of drug-likeness (QED) is 0.813. The van der Waals surface area contributed by atoms with E-state index in [4.69, 9.17) is 40.1 Å². The fourth-order valence-corrected chi connectivity index (χ4v) is 2.11. The van der Waals surface area contributed by atoms with Crippen molar-refractivity contribution < 1.29 is 9.90 Å². The van der Waals surface area contributed by atoms with Gasteiger partial charge in [0.1, 0.15) is 6.42 Å². The average Bonchev–Trinajstić information content (AvgIpc) is 2.57. The second kappa shape index (κ2) is 5.62. The Morgan fingerprint density at radius 2 is 2.28 bits per heavy atom. The molecule has 8 heteroatoms. The van der Waals surface area contributed by atoms with Gasteiger partial charge in [0.2, 0.25) is 9.52 Å². The predicted octanol–water partition coefficient (Wildman–Crippen LogP) is 2.35. The fraction of sp³-hybridized carbons (Fsp3) is 0.700. The molecule has 5 nitrogen and oxygen atoms in total. The molecule has 1 rings (SSSR count). The zero-order valence-electron chi connectivity index (χ0n) is 9.66. The zero-order chi connectivity index (χ0) is 14.0. The molecule has 1 unspecified atom stereocenters. The molecule has 1 atom stereocenters. The highest BCUT2D eigenvalue weighted by Gasteiger charge is 2.57. The van der Waals surface area contributed by atoms with E-state index >= 15 is 0 Å². The first kappa shape index (κ1) is 15.5. The van der Waals surface area contributed by atoms with Crippen LogP contribution in [0.25, 0.3) is 0 Å². The van der Waals surface area contributed by atoms with Crippen molar-refractivity contribution in [1.82, 2.24) is 5.01 Å². The van der Waals surface area contributed by atoms with Crippen molar-refractivity contribution in [3.8, 4) is 6.07 Å². The third-order valence-corrected chi connectivity index (χ3v) is 3.41. The van der Waals surface area contributed by atoms with Crippen LogP contribution in [0.4, 0.5) is 0 Å². The summed E-state index contributed by atoms with van der Waals surface area (Å²) in [6, 6.07) is 1.68. The normalized spacial score (nSPS) is 23.8. The number of nitriles is 1. The number of carbonyl (C=O) groups excluding carboxylic acids is 1. The number of hydrogen-bond donors (Lipinski definition) is 1. The lowest BCUT2D eigenvalue weighted by Gasteiger charge is -2.36. The first-order valence-corrected chi connectivity index (χ1v) is 6.45. The molecule has 0 saturated carbocycles. The maximum atomic E-state index is 11.7. The summed E-state index contributed by atoms with van der Waals surface area (Å²) in [7, 11) is 0. The van der Waals surface area contributed by atoms with Gasteiger partial charge in [0.25, 0.3) is 5.91 Å². The van der Waals surface area contributed by atoms with Gasteiger partial charge < -0.3 is 5.11 Å². The van der Waals surface area contributed by atoms with Crippen molar-refractivity contribution in [2.24, 2.45) is 5.10 Å². The standard InChI is InChI=1S/C10H12Cl3N3O2/c1-2-3-7-6-9(18,10(11,12)13)16(15-7)8(17)4-5-14/h18H,2-4,6H2,1H3. The molecule has 0 spiro atoms. The van der Waals surface area contributed by atoms with Crippen LogP contribution < -0.4 is 0 Å². The summed E-state index contributed by atoms with van der Waals surface area (Å²) in [6.07, 6.45) is 0.898. The Labute approximate surface area is 120 Å². The van der Waals surface area contributed by atoms with Gasteiger partial charge in [0.15, 0.2) is 0 Å². The number of amides is 1. The lowest BCUT2D eigenvalue weighted by atomic mass is 10.1. The Morgan fingerprint density at radius 3 is 2.72 bits per heavy atom. The summed E-state index contributed by atoms with van der Waals surface area (Å²) in [4.78, 5) is 11.7. The number of hydrazone groups is 1. The van der Waals surface area contributed by atoms with E-state index in [2.05, 4.69) is 5.10 Å². The summed E-state index contributed by atoms with van der Waals surface area (Å²) < 4.78 is -2.10. The van der Waals surface area contributed by atoms with Gasteiger partial charge in [0.05, 0.1) is 6.07 Å². The largest absolute Gasteiger partial charge is 0.365 e. The Bertz CT molecular complexity index is 414. The number of hydrogen-bond acceptors (Lipinski definition) is 4. The molecule has 1 N–H and O–H groups in total. The van der Waals surface area contributed by atoms with E-state index in [-0.39, 0.29) is 6.42 Å². The minimum atomic E-state index is -2.10. The molecule has 0 aromatic rings. The number of aliphatic hydroxyl groups is 1. The molecule has 0 saturated heterocycles. The van der Waals surface area contributed by atoms with Crippen LogP contribution in [0, 0.1) is 11.3 Å². The summed E-state index contributed by atoms with van der Waals surface area (Å²) in [6.45, 7) is 1.93. The molecule has 0 fully saturated rings. The van der Waals surface area contributed by atoms with E-state index in [0.717, 1.165) is 6.42 Å². The zero-order valence-corrected chi connectivity index (χ0v) is 11.9. The lowest BCUT2D eigenvalue weighted by molar-refractivity contribution is -0.153. The number of alkyl halides is 3. The highest BCUT2D eigenvalue weighted by Crippen LogP contribution is 2.46. The first-order valence-electron chi connectivity index (χ1n) is 5.31. The Kier molecular flexibility index (Phi) is 4.84.